The lowest BCUT2D eigenvalue weighted by Gasteiger charge is -2.14. The highest BCUT2D eigenvalue weighted by Gasteiger charge is 2.17. The van der Waals surface area contributed by atoms with Crippen molar-refractivity contribution in [3.05, 3.63) is 101 Å². The smallest absolute Gasteiger partial charge is 0.162 e. The molecule has 0 fully saturated rings. The Kier molecular flexibility index (Phi) is 16.5. The Morgan fingerprint density at radius 1 is 0.625 bits per heavy atom. The first kappa shape index (κ1) is 44.1. The zero-order chi connectivity index (χ0) is 40.1. The van der Waals surface area contributed by atoms with E-state index in [0.717, 1.165) is 68.3 Å². The van der Waals surface area contributed by atoms with Crippen molar-refractivity contribution < 1.29 is 29.2 Å². The second-order valence-corrected chi connectivity index (χ2v) is 11.6. The van der Waals surface area contributed by atoms with Gasteiger partial charge in [0, 0.05) is 45.4 Å². The molecule has 12 nitrogen and oxygen atoms in total. The van der Waals surface area contributed by atoms with Crippen LogP contribution in [0, 0.1) is 0 Å². The van der Waals surface area contributed by atoms with Crippen LogP contribution < -0.4 is 30.0 Å². The summed E-state index contributed by atoms with van der Waals surface area (Å²) in [5.74, 6) is 3.75. The van der Waals surface area contributed by atoms with Gasteiger partial charge >= 0.3 is 0 Å². The first-order valence-electron chi connectivity index (χ1n) is 17.7. The van der Waals surface area contributed by atoms with Crippen molar-refractivity contribution in [2.24, 2.45) is 0 Å². The number of ether oxygens (including phenoxy) is 4. The van der Waals surface area contributed by atoms with Gasteiger partial charge in [0.2, 0.25) is 0 Å². The van der Waals surface area contributed by atoms with Crippen molar-refractivity contribution in [3.8, 4) is 34.5 Å². The molecule has 13 heteroatoms. The van der Waals surface area contributed by atoms with E-state index >= 15 is 0 Å². The molecule has 0 saturated heterocycles. The SMILES string of the molecule is C.CC.CC.COc1cc2ncnc(Cl)c2cc1OC.COc1cc2ncnc(Nc3ccc(O)c4c3CC=C4)c2cc1OC.Nc1ccc(O)c2c1CC=C2. The molecule has 0 amide bonds. The number of rotatable bonds is 6. The van der Waals surface area contributed by atoms with Crippen molar-refractivity contribution >= 4 is 62.8 Å². The second-order valence-electron chi connectivity index (χ2n) is 11.3. The Bertz CT molecular complexity index is 2310. The number of hydrogen-bond donors (Lipinski definition) is 4. The van der Waals surface area contributed by atoms with E-state index in [0.29, 0.717) is 39.7 Å². The number of anilines is 3. The molecule has 2 aliphatic rings. The van der Waals surface area contributed by atoms with E-state index in [4.69, 9.17) is 36.3 Å². The average molecular weight is 783 g/mol. The van der Waals surface area contributed by atoms with Gasteiger partial charge in [0.1, 0.15) is 35.1 Å². The zero-order valence-electron chi connectivity index (χ0n) is 32.3. The van der Waals surface area contributed by atoms with E-state index < -0.39 is 0 Å². The van der Waals surface area contributed by atoms with Gasteiger partial charge in [-0.25, -0.2) is 19.9 Å². The first-order valence-corrected chi connectivity index (χ1v) is 18.1. The molecule has 6 aromatic rings. The number of benzene rings is 4. The quantitative estimate of drug-likeness (QED) is 0.0718. The summed E-state index contributed by atoms with van der Waals surface area (Å²) in [5.41, 5.74) is 12.7. The van der Waals surface area contributed by atoms with Gasteiger partial charge in [-0.1, -0.05) is 71.0 Å². The van der Waals surface area contributed by atoms with Gasteiger partial charge in [0.05, 0.1) is 39.5 Å². The molecule has 0 bridgehead atoms. The fourth-order valence-corrected chi connectivity index (χ4v) is 6.00. The predicted molar refractivity (Wildman–Crippen MR) is 229 cm³/mol. The molecule has 0 aliphatic heterocycles. The van der Waals surface area contributed by atoms with Gasteiger partial charge in [-0.3, -0.25) is 0 Å². The maximum atomic E-state index is 9.98. The van der Waals surface area contributed by atoms with Crippen LogP contribution in [0.5, 0.6) is 34.5 Å². The van der Waals surface area contributed by atoms with E-state index in [-0.39, 0.29) is 13.2 Å². The summed E-state index contributed by atoms with van der Waals surface area (Å²) in [4.78, 5) is 16.7. The molecule has 0 radical (unpaired) electrons. The molecule has 0 spiro atoms. The molecule has 0 saturated carbocycles. The fraction of sp³-hybridized carbons (Fsp3) is 0.256. The Morgan fingerprint density at radius 3 is 1.64 bits per heavy atom. The Hall–Kier alpha value is -6.27. The maximum absolute atomic E-state index is 9.98. The van der Waals surface area contributed by atoms with Crippen LogP contribution in [0.3, 0.4) is 0 Å². The number of nitrogens with zero attached hydrogens (tertiary/aromatic N) is 4. The number of nitrogens with one attached hydrogen (secondary N) is 1. The minimum atomic E-state index is 0. The summed E-state index contributed by atoms with van der Waals surface area (Å²) < 4.78 is 21.0. The lowest BCUT2D eigenvalue weighted by molar-refractivity contribution is 0.356. The lowest BCUT2D eigenvalue weighted by atomic mass is 10.1. The molecule has 5 N–H and O–H groups in total. The second kappa shape index (κ2) is 21.0. The van der Waals surface area contributed by atoms with Gasteiger partial charge in [0.15, 0.2) is 23.0 Å². The Balaban J connectivity index is 0.000000232. The molecule has 4 aromatic carbocycles. The third kappa shape index (κ3) is 9.69. The van der Waals surface area contributed by atoms with E-state index in [1.54, 1.807) is 58.8 Å². The van der Waals surface area contributed by atoms with Crippen molar-refractivity contribution in [3.63, 3.8) is 0 Å². The molecule has 2 aliphatic carbocycles. The van der Waals surface area contributed by atoms with Crippen LogP contribution in [-0.4, -0.2) is 58.6 Å². The topological polar surface area (TPSA) is 167 Å². The third-order valence-electron chi connectivity index (χ3n) is 8.40. The van der Waals surface area contributed by atoms with Crippen LogP contribution in [0.1, 0.15) is 57.4 Å². The molecule has 296 valence electrons. The highest BCUT2D eigenvalue weighted by molar-refractivity contribution is 6.34. The monoisotopic (exact) mass is 782 g/mol. The summed E-state index contributed by atoms with van der Waals surface area (Å²) in [6.07, 6.45) is 12.4. The fourth-order valence-electron chi connectivity index (χ4n) is 5.81. The number of aromatic nitrogens is 4. The van der Waals surface area contributed by atoms with Crippen molar-refractivity contribution in [2.45, 2.75) is 48.0 Å². The van der Waals surface area contributed by atoms with Gasteiger partial charge < -0.3 is 40.2 Å². The average Bonchev–Trinajstić information content (AvgIpc) is 3.94. The summed E-state index contributed by atoms with van der Waals surface area (Å²) in [6.45, 7) is 8.00. The van der Waals surface area contributed by atoms with Crippen LogP contribution in [0.4, 0.5) is 17.2 Å². The van der Waals surface area contributed by atoms with Crippen molar-refractivity contribution in [2.75, 3.05) is 39.5 Å². The lowest BCUT2D eigenvalue weighted by Crippen LogP contribution is -2.00. The Labute approximate surface area is 333 Å². The molecule has 56 heavy (non-hydrogen) atoms. The number of halogens is 1. The standard InChI is InChI=1S/C19H17N3O3.C10H9ClN2O2.C9H9NO.2C2H6.CH4/c1-24-17-8-13-15(9-18(17)25-2)20-10-21-19(13)22-14-6-7-16(23)12-5-3-4-11(12)14;1-14-8-3-6-7(4-9(8)15-2)12-5-13-10(6)11;10-8-4-5-9(11)7-3-1-2-6(7)8;2*1-2;/h3,5-10,23H,4H2,1-2H3,(H,20,21,22);3-5H,1-2H3;1,3-5,11H,2,10H2;2*1-2H3;1H4. The van der Waals surface area contributed by atoms with Crippen LogP contribution >= 0.6 is 11.6 Å². The molecule has 0 unspecified atom stereocenters. The van der Waals surface area contributed by atoms with Gasteiger partial charge in [-0.15, -0.1) is 0 Å². The number of hydrogen-bond acceptors (Lipinski definition) is 12. The molecular weight excluding hydrogens is 732 g/mol. The van der Waals surface area contributed by atoms with Crippen LogP contribution in [0.15, 0.2) is 73.3 Å². The number of phenols is 2. The van der Waals surface area contributed by atoms with Crippen molar-refractivity contribution in [1.29, 1.82) is 0 Å². The number of allylic oxidation sites excluding steroid dienone is 2. The van der Waals surface area contributed by atoms with E-state index in [2.05, 4.69) is 25.3 Å². The highest BCUT2D eigenvalue weighted by Crippen LogP contribution is 2.38. The number of methoxy groups -OCH3 is 4. The molecule has 8 rings (SSSR count). The van der Waals surface area contributed by atoms with Crippen LogP contribution in [0.2, 0.25) is 5.15 Å². The van der Waals surface area contributed by atoms with Gasteiger partial charge in [-0.2, -0.15) is 0 Å². The van der Waals surface area contributed by atoms with Gasteiger partial charge in [-0.05, 0) is 60.4 Å². The van der Waals surface area contributed by atoms with E-state index in [9.17, 15) is 10.2 Å². The first-order chi connectivity index (χ1) is 26.8. The summed E-state index contributed by atoms with van der Waals surface area (Å²) in [7, 11) is 6.34. The number of fused-ring (bicyclic) bond motifs is 4. The minimum Gasteiger partial charge on any atom is -0.507 e. The Morgan fingerprint density at radius 2 is 1.09 bits per heavy atom. The number of nitrogen functional groups attached to an aromatic ring is 1. The molecule has 2 heterocycles. The van der Waals surface area contributed by atoms with E-state index in [1.807, 2.05) is 70.2 Å². The number of phenolic OH excluding ortho intramolecular Hbond substituents is 2. The normalized spacial score (nSPS) is 11.1. The number of aromatic hydroxyl groups is 2. The summed E-state index contributed by atoms with van der Waals surface area (Å²) in [5, 5.41) is 24.7. The van der Waals surface area contributed by atoms with Crippen LogP contribution in [0.25, 0.3) is 34.0 Å². The third-order valence-corrected chi connectivity index (χ3v) is 8.70. The number of nitrogens with two attached hydrogens (primary N) is 1. The molecular formula is C43H51ClN6O6. The highest BCUT2D eigenvalue weighted by atomic mass is 35.5. The largest absolute Gasteiger partial charge is 0.507 e. The molecule has 2 aromatic heterocycles. The van der Waals surface area contributed by atoms with Gasteiger partial charge in [0.25, 0.3) is 0 Å². The summed E-state index contributed by atoms with van der Waals surface area (Å²) in [6, 6.07) is 14.1. The minimum absolute atomic E-state index is 0. The van der Waals surface area contributed by atoms with Crippen molar-refractivity contribution in [1.82, 2.24) is 19.9 Å². The predicted octanol–water partition coefficient (Wildman–Crippen LogP) is 10.2. The maximum Gasteiger partial charge on any atom is 0.162 e. The zero-order valence-corrected chi connectivity index (χ0v) is 33.0. The molecule has 0 atom stereocenters. The van der Waals surface area contributed by atoms with E-state index in [1.165, 1.54) is 12.7 Å². The summed E-state index contributed by atoms with van der Waals surface area (Å²) >= 11 is 5.93. The van der Waals surface area contributed by atoms with Crippen LogP contribution in [-0.2, 0) is 12.8 Å².